The first-order valence-electron chi connectivity index (χ1n) is 9.48. The smallest absolute Gasteiger partial charge is 0.443 e. The number of nitrogens with zero attached hydrogens (tertiary/aromatic N) is 1. The lowest BCUT2D eigenvalue weighted by atomic mass is 9.80. The molecule has 2 aromatic rings. The van der Waals surface area contributed by atoms with Crippen LogP contribution in [0.1, 0.15) is 46.6 Å². The summed E-state index contributed by atoms with van der Waals surface area (Å²) in [5.74, 6) is 0.393. The van der Waals surface area contributed by atoms with Crippen LogP contribution in [0.3, 0.4) is 0 Å². The second-order valence-corrected chi connectivity index (χ2v) is 9.29. The second kappa shape index (κ2) is 7.25. The maximum atomic E-state index is 12.8. The van der Waals surface area contributed by atoms with E-state index in [4.69, 9.17) is 21.0 Å². The Labute approximate surface area is 171 Å². The van der Waals surface area contributed by atoms with E-state index >= 15 is 0 Å². The number of aryl methyl sites for hydroxylation is 1. The number of carbonyl (C=O) groups is 1. The predicted molar refractivity (Wildman–Crippen MR) is 112 cm³/mol. The van der Waals surface area contributed by atoms with Gasteiger partial charge in [0, 0.05) is 22.2 Å². The normalized spacial score (nSPS) is 21.5. The first-order chi connectivity index (χ1) is 12.9. The molecular weight excluding hydrogens is 376 g/mol. The van der Waals surface area contributed by atoms with Crippen molar-refractivity contribution in [2.24, 2.45) is 5.92 Å². The summed E-state index contributed by atoms with van der Waals surface area (Å²) in [5, 5.41) is 11.2. The van der Waals surface area contributed by atoms with Gasteiger partial charge >= 0.3 is 13.2 Å². The number of benzene rings is 1. The zero-order valence-electron chi connectivity index (χ0n) is 17.2. The molecule has 3 rings (SSSR count). The number of halogens is 1. The quantitative estimate of drug-likeness (QED) is 0.769. The van der Waals surface area contributed by atoms with E-state index < -0.39 is 18.8 Å². The number of hydrogen-bond acceptors (Lipinski definition) is 4. The molecule has 1 aliphatic rings. The van der Waals surface area contributed by atoms with Crippen LogP contribution < -0.4 is 5.46 Å². The molecule has 7 heteroatoms. The minimum Gasteiger partial charge on any atom is -0.443 e. The lowest BCUT2D eigenvalue weighted by Crippen LogP contribution is -2.37. The van der Waals surface area contributed by atoms with E-state index in [1.807, 2.05) is 40.7 Å². The first-order valence-corrected chi connectivity index (χ1v) is 9.85. The lowest BCUT2D eigenvalue weighted by Gasteiger charge is -2.20. The SMILES string of the molecule is Cc1ccc(Cl)cc1-c1cc(B(O)OC2(C)CC2C)cn1C(=O)OC(C)(C)C. The fraction of sp³-hybridized carbons (Fsp3) is 0.476. The van der Waals surface area contributed by atoms with Gasteiger partial charge in [0.05, 0.1) is 11.3 Å². The fourth-order valence-corrected chi connectivity index (χ4v) is 3.37. The van der Waals surface area contributed by atoms with Gasteiger partial charge in [0.2, 0.25) is 0 Å². The predicted octanol–water partition coefficient (Wildman–Crippen LogP) is 4.40. The van der Waals surface area contributed by atoms with Crippen molar-refractivity contribution >= 4 is 30.3 Å². The molecule has 1 aromatic heterocycles. The summed E-state index contributed by atoms with van der Waals surface area (Å²) in [6.07, 6.45) is 1.95. The van der Waals surface area contributed by atoms with Crippen molar-refractivity contribution in [3.8, 4) is 11.3 Å². The Morgan fingerprint density at radius 1 is 1.36 bits per heavy atom. The molecule has 1 aromatic carbocycles. The van der Waals surface area contributed by atoms with Crippen LogP contribution >= 0.6 is 11.6 Å². The Morgan fingerprint density at radius 2 is 2.00 bits per heavy atom. The fourth-order valence-electron chi connectivity index (χ4n) is 3.19. The third-order valence-electron chi connectivity index (χ3n) is 5.17. The third kappa shape index (κ3) is 4.45. The molecule has 0 spiro atoms. The van der Waals surface area contributed by atoms with E-state index in [-0.39, 0.29) is 5.60 Å². The van der Waals surface area contributed by atoms with E-state index in [1.54, 1.807) is 24.4 Å². The van der Waals surface area contributed by atoms with Gasteiger partial charge in [-0.05, 0) is 70.7 Å². The molecular formula is C21H27BClNO4. The van der Waals surface area contributed by atoms with Gasteiger partial charge in [0.15, 0.2) is 0 Å². The average molecular weight is 404 g/mol. The molecule has 0 amide bonds. The largest absolute Gasteiger partial charge is 0.493 e. The zero-order valence-corrected chi connectivity index (χ0v) is 18.0. The molecule has 1 N–H and O–H groups in total. The summed E-state index contributed by atoms with van der Waals surface area (Å²) in [7, 11) is -1.13. The molecule has 0 bridgehead atoms. The third-order valence-corrected chi connectivity index (χ3v) is 5.40. The Kier molecular flexibility index (Phi) is 5.43. The monoisotopic (exact) mass is 403 g/mol. The highest BCUT2D eigenvalue weighted by atomic mass is 35.5. The van der Waals surface area contributed by atoms with Gasteiger partial charge in [0.1, 0.15) is 5.60 Å². The van der Waals surface area contributed by atoms with Crippen LogP contribution in [-0.2, 0) is 9.39 Å². The average Bonchev–Trinajstić information content (AvgIpc) is 2.97. The topological polar surface area (TPSA) is 60.7 Å². The van der Waals surface area contributed by atoms with E-state index in [0.717, 1.165) is 17.5 Å². The highest BCUT2D eigenvalue weighted by Gasteiger charge is 2.50. The Balaban J connectivity index is 2.02. The van der Waals surface area contributed by atoms with E-state index in [2.05, 4.69) is 6.92 Å². The van der Waals surface area contributed by atoms with Gasteiger partial charge in [-0.15, -0.1) is 0 Å². The Hall–Kier alpha value is -1.76. The standard InChI is InChI=1S/C21H27BClNO4/c1-13-7-8-16(23)10-17(13)18-9-15(22(26)28-21(6)11-14(21)2)12-24(18)19(25)27-20(3,4)5/h7-10,12,14,26H,11H2,1-6H3. The van der Waals surface area contributed by atoms with Gasteiger partial charge < -0.3 is 14.4 Å². The Bertz CT molecular complexity index is 904. The zero-order chi connectivity index (χ0) is 20.9. The summed E-state index contributed by atoms with van der Waals surface area (Å²) < 4.78 is 12.8. The molecule has 2 atom stereocenters. The summed E-state index contributed by atoms with van der Waals surface area (Å²) >= 11 is 6.19. The molecule has 0 radical (unpaired) electrons. The van der Waals surface area contributed by atoms with Crippen molar-refractivity contribution in [1.82, 2.24) is 4.57 Å². The van der Waals surface area contributed by atoms with Gasteiger partial charge in [-0.1, -0.05) is 24.6 Å². The molecule has 0 saturated heterocycles. The maximum Gasteiger partial charge on any atom is 0.493 e. The Morgan fingerprint density at radius 3 is 2.57 bits per heavy atom. The molecule has 1 saturated carbocycles. The van der Waals surface area contributed by atoms with Crippen molar-refractivity contribution in [3.63, 3.8) is 0 Å². The summed E-state index contributed by atoms with van der Waals surface area (Å²) in [4.78, 5) is 12.8. The van der Waals surface area contributed by atoms with Crippen LogP contribution in [0, 0.1) is 12.8 Å². The summed E-state index contributed by atoms with van der Waals surface area (Å²) in [5.41, 5.74) is 1.87. The van der Waals surface area contributed by atoms with Gasteiger partial charge in [-0.25, -0.2) is 4.79 Å². The van der Waals surface area contributed by atoms with E-state index in [0.29, 0.717) is 22.1 Å². The van der Waals surface area contributed by atoms with Crippen molar-refractivity contribution < 1.29 is 19.2 Å². The van der Waals surface area contributed by atoms with Crippen molar-refractivity contribution in [2.75, 3.05) is 0 Å². The van der Waals surface area contributed by atoms with Gasteiger partial charge in [-0.2, -0.15) is 0 Å². The lowest BCUT2D eigenvalue weighted by molar-refractivity contribution is 0.0540. The van der Waals surface area contributed by atoms with Crippen LogP contribution in [0.15, 0.2) is 30.5 Å². The minimum absolute atomic E-state index is 0.334. The van der Waals surface area contributed by atoms with Crippen molar-refractivity contribution in [2.45, 2.75) is 59.2 Å². The number of hydrogen-bond donors (Lipinski definition) is 1. The molecule has 0 aliphatic heterocycles. The molecule has 1 heterocycles. The molecule has 1 aliphatic carbocycles. The van der Waals surface area contributed by atoms with E-state index in [1.165, 1.54) is 4.57 Å². The maximum absolute atomic E-state index is 12.8. The molecule has 150 valence electrons. The molecule has 28 heavy (non-hydrogen) atoms. The number of ether oxygens (including phenoxy) is 1. The van der Waals surface area contributed by atoms with Gasteiger partial charge in [-0.3, -0.25) is 4.57 Å². The number of aromatic nitrogens is 1. The first kappa shape index (κ1) is 21.0. The minimum atomic E-state index is -1.13. The van der Waals surface area contributed by atoms with Crippen LogP contribution in [0.25, 0.3) is 11.3 Å². The molecule has 1 fully saturated rings. The highest BCUT2D eigenvalue weighted by molar-refractivity contribution is 6.60. The van der Waals surface area contributed by atoms with Crippen molar-refractivity contribution in [1.29, 1.82) is 0 Å². The molecule has 2 unspecified atom stereocenters. The molecule has 5 nitrogen and oxygen atoms in total. The van der Waals surface area contributed by atoms with Crippen LogP contribution in [0.2, 0.25) is 5.02 Å². The van der Waals surface area contributed by atoms with Crippen molar-refractivity contribution in [3.05, 3.63) is 41.0 Å². The number of rotatable bonds is 4. The second-order valence-electron chi connectivity index (χ2n) is 8.86. The van der Waals surface area contributed by atoms with Crippen LogP contribution in [0.4, 0.5) is 4.79 Å². The summed E-state index contributed by atoms with van der Waals surface area (Å²) in [6, 6.07) is 7.25. The van der Waals surface area contributed by atoms with Crippen LogP contribution in [-0.4, -0.2) is 34.0 Å². The number of carbonyl (C=O) groups excluding carboxylic acids is 1. The highest BCUT2D eigenvalue weighted by Crippen LogP contribution is 2.46. The van der Waals surface area contributed by atoms with E-state index in [9.17, 15) is 9.82 Å². The summed E-state index contributed by atoms with van der Waals surface area (Å²) in [6.45, 7) is 11.4. The van der Waals surface area contributed by atoms with Gasteiger partial charge in [0.25, 0.3) is 0 Å². The van der Waals surface area contributed by atoms with Crippen LogP contribution in [0.5, 0.6) is 0 Å².